The molecular formula is C15H25NO2S. The first kappa shape index (κ1) is 16.2. The summed E-state index contributed by atoms with van der Waals surface area (Å²) in [6, 6.07) is 7.65. The zero-order valence-corrected chi connectivity index (χ0v) is 13.0. The van der Waals surface area contributed by atoms with E-state index in [1.807, 2.05) is 19.1 Å². The average molecular weight is 283 g/mol. The lowest BCUT2D eigenvalue weighted by Gasteiger charge is -2.16. The number of rotatable bonds is 8. The van der Waals surface area contributed by atoms with Gasteiger partial charge in [-0.15, -0.1) is 0 Å². The molecule has 1 N–H and O–H groups in total. The molecule has 0 bridgehead atoms. The Hall–Kier alpha value is -0.870. The van der Waals surface area contributed by atoms with Gasteiger partial charge in [-0.3, -0.25) is 0 Å². The van der Waals surface area contributed by atoms with Crippen molar-refractivity contribution in [2.45, 2.75) is 51.0 Å². The molecule has 108 valence electrons. The Morgan fingerprint density at radius 1 is 1.16 bits per heavy atom. The molecule has 0 saturated heterocycles. The minimum absolute atomic E-state index is 0.223. The molecule has 0 aromatic heterocycles. The van der Waals surface area contributed by atoms with Gasteiger partial charge in [0.1, 0.15) is 0 Å². The van der Waals surface area contributed by atoms with Crippen LogP contribution in [0.2, 0.25) is 0 Å². The van der Waals surface area contributed by atoms with E-state index < -0.39 is 9.84 Å². The highest BCUT2D eigenvalue weighted by atomic mass is 32.2. The van der Waals surface area contributed by atoms with Crippen molar-refractivity contribution in [2.75, 3.05) is 12.3 Å². The van der Waals surface area contributed by atoms with Gasteiger partial charge in [-0.2, -0.15) is 0 Å². The molecule has 1 aromatic rings. The highest BCUT2D eigenvalue weighted by molar-refractivity contribution is 7.91. The fraction of sp³-hybridized carbons (Fsp3) is 0.600. The van der Waals surface area contributed by atoms with Crippen LogP contribution in [0.4, 0.5) is 0 Å². The summed E-state index contributed by atoms with van der Waals surface area (Å²) in [6.07, 6.45) is 2.49. The number of nitrogens with one attached hydrogen (secondary N) is 1. The van der Waals surface area contributed by atoms with Crippen LogP contribution >= 0.6 is 0 Å². The van der Waals surface area contributed by atoms with Gasteiger partial charge in [0, 0.05) is 6.04 Å². The molecule has 0 amide bonds. The smallest absolute Gasteiger partial charge is 0.178 e. The second-order valence-electron chi connectivity index (χ2n) is 4.99. The van der Waals surface area contributed by atoms with Crippen molar-refractivity contribution in [1.29, 1.82) is 0 Å². The molecule has 0 aliphatic rings. The molecule has 1 aromatic carbocycles. The fourth-order valence-corrected chi connectivity index (χ4v) is 3.74. The van der Waals surface area contributed by atoms with Crippen LogP contribution in [0.25, 0.3) is 0 Å². The number of hydrogen-bond donors (Lipinski definition) is 1. The van der Waals surface area contributed by atoms with Crippen LogP contribution in [0, 0.1) is 0 Å². The quantitative estimate of drug-likeness (QED) is 0.798. The highest BCUT2D eigenvalue weighted by Gasteiger charge is 2.18. The second-order valence-corrected chi connectivity index (χ2v) is 7.06. The maximum absolute atomic E-state index is 12.2. The van der Waals surface area contributed by atoms with Crippen molar-refractivity contribution < 1.29 is 8.42 Å². The normalized spacial score (nSPS) is 13.4. The van der Waals surface area contributed by atoms with Gasteiger partial charge in [-0.05, 0) is 44.4 Å². The molecule has 1 atom stereocenters. The summed E-state index contributed by atoms with van der Waals surface area (Å²) in [6.45, 7) is 7.08. The van der Waals surface area contributed by atoms with E-state index in [4.69, 9.17) is 0 Å². The Labute approximate surface area is 117 Å². The zero-order chi connectivity index (χ0) is 14.3. The predicted octanol–water partition coefficient (Wildman–Crippen LogP) is 2.80. The summed E-state index contributed by atoms with van der Waals surface area (Å²) < 4.78 is 24.5. The van der Waals surface area contributed by atoms with Gasteiger partial charge in [0.15, 0.2) is 9.84 Å². The van der Waals surface area contributed by atoms with Crippen LogP contribution in [-0.2, 0) is 16.3 Å². The molecule has 0 spiro atoms. The highest BCUT2D eigenvalue weighted by Crippen LogP contribution is 2.19. The molecule has 0 radical (unpaired) electrons. The summed E-state index contributed by atoms with van der Waals surface area (Å²) in [5.74, 6) is 0.223. The van der Waals surface area contributed by atoms with Crippen molar-refractivity contribution in [3.05, 3.63) is 29.8 Å². The summed E-state index contributed by atoms with van der Waals surface area (Å²) in [7, 11) is -3.13. The molecule has 3 nitrogen and oxygen atoms in total. The van der Waals surface area contributed by atoms with Crippen molar-refractivity contribution in [2.24, 2.45) is 0 Å². The number of benzene rings is 1. The van der Waals surface area contributed by atoms with Crippen LogP contribution in [0.1, 0.15) is 39.2 Å². The van der Waals surface area contributed by atoms with Gasteiger partial charge in [0.25, 0.3) is 0 Å². The van der Waals surface area contributed by atoms with E-state index in [-0.39, 0.29) is 11.8 Å². The van der Waals surface area contributed by atoms with Gasteiger partial charge < -0.3 is 5.32 Å². The van der Waals surface area contributed by atoms with Gasteiger partial charge in [-0.25, -0.2) is 8.42 Å². The molecule has 0 saturated carbocycles. The SMILES string of the molecule is CCCNC(C)Cc1ccccc1S(=O)(=O)CCC. The average Bonchev–Trinajstić information content (AvgIpc) is 2.36. The molecule has 1 rings (SSSR count). The lowest BCUT2D eigenvalue weighted by molar-refractivity contribution is 0.538. The van der Waals surface area contributed by atoms with Gasteiger partial charge in [0.2, 0.25) is 0 Å². The first-order chi connectivity index (χ1) is 9.01. The summed E-state index contributed by atoms with van der Waals surface area (Å²) >= 11 is 0. The van der Waals surface area contributed by atoms with Crippen molar-refractivity contribution in [3.63, 3.8) is 0 Å². The third-order valence-electron chi connectivity index (χ3n) is 3.05. The standard InChI is InChI=1S/C15H25NO2S/c1-4-10-16-13(3)12-14-8-6-7-9-15(14)19(17,18)11-5-2/h6-9,13,16H,4-5,10-12H2,1-3H3. The fourth-order valence-electron chi connectivity index (χ4n) is 2.15. The van der Waals surface area contributed by atoms with E-state index in [9.17, 15) is 8.42 Å². The molecule has 0 heterocycles. The van der Waals surface area contributed by atoms with E-state index in [1.165, 1.54) is 0 Å². The molecule has 4 heteroatoms. The van der Waals surface area contributed by atoms with Crippen molar-refractivity contribution in [3.8, 4) is 0 Å². The minimum atomic E-state index is -3.13. The summed E-state index contributed by atoms with van der Waals surface area (Å²) in [4.78, 5) is 0.502. The van der Waals surface area contributed by atoms with Gasteiger partial charge >= 0.3 is 0 Å². The van der Waals surface area contributed by atoms with E-state index in [0.717, 1.165) is 24.9 Å². The van der Waals surface area contributed by atoms with E-state index in [2.05, 4.69) is 19.2 Å². The van der Waals surface area contributed by atoms with Crippen LogP contribution in [0.15, 0.2) is 29.2 Å². The number of sulfone groups is 1. The Balaban J connectivity index is 2.90. The topological polar surface area (TPSA) is 46.2 Å². The van der Waals surface area contributed by atoms with E-state index in [0.29, 0.717) is 11.3 Å². The summed E-state index contributed by atoms with van der Waals surface area (Å²) in [5, 5.41) is 3.40. The lowest BCUT2D eigenvalue weighted by Crippen LogP contribution is -2.29. The van der Waals surface area contributed by atoms with Crippen LogP contribution < -0.4 is 5.32 Å². The second kappa shape index (κ2) is 7.65. The van der Waals surface area contributed by atoms with Gasteiger partial charge in [0.05, 0.1) is 10.6 Å². The molecule has 0 fully saturated rings. The molecule has 0 aliphatic heterocycles. The van der Waals surface area contributed by atoms with Crippen LogP contribution in [0.5, 0.6) is 0 Å². The van der Waals surface area contributed by atoms with Crippen molar-refractivity contribution in [1.82, 2.24) is 5.32 Å². The van der Waals surface area contributed by atoms with Crippen LogP contribution in [-0.4, -0.2) is 26.8 Å². The van der Waals surface area contributed by atoms with Crippen molar-refractivity contribution >= 4 is 9.84 Å². The molecular weight excluding hydrogens is 258 g/mol. The predicted molar refractivity (Wildman–Crippen MR) is 80.2 cm³/mol. The molecule has 1 unspecified atom stereocenters. The Morgan fingerprint density at radius 2 is 1.84 bits per heavy atom. The van der Waals surface area contributed by atoms with Gasteiger partial charge in [-0.1, -0.05) is 32.0 Å². The number of hydrogen-bond acceptors (Lipinski definition) is 3. The van der Waals surface area contributed by atoms with E-state index in [1.54, 1.807) is 12.1 Å². The first-order valence-electron chi connectivity index (χ1n) is 7.05. The third kappa shape index (κ3) is 4.96. The summed E-state index contributed by atoms with van der Waals surface area (Å²) in [5.41, 5.74) is 0.923. The molecule has 0 aliphatic carbocycles. The lowest BCUT2D eigenvalue weighted by atomic mass is 10.1. The monoisotopic (exact) mass is 283 g/mol. The molecule has 19 heavy (non-hydrogen) atoms. The zero-order valence-electron chi connectivity index (χ0n) is 12.1. The maximum atomic E-state index is 12.2. The first-order valence-corrected chi connectivity index (χ1v) is 8.70. The van der Waals surface area contributed by atoms with E-state index >= 15 is 0 Å². The Bertz CT molecular complexity index is 483. The largest absolute Gasteiger partial charge is 0.314 e. The third-order valence-corrected chi connectivity index (χ3v) is 5.06. The maximum Gasteiger partial charge on any atom is 0.178 e. The van der Waals surface area contributed by atoms with Crippen LogP contribution in [0.3, 0.4) is 0 Å². The Morgan fingerprint density at radius 3 is 2.47 bits per heavy atom. The minimum Gasteiger partial charge on any atom is -0.314 e. The Kier molecular flexibility index (Phi) is 6.52.